The van der Waals surface area contributed by atoms with Crippen molar-refractivity contribution >= 4 is 12.2 Å². The molecule has 17 heavy (non-hydrogen) atoms. The van der Waals surface area contributed by atoms with Gasteiger partial charge in [0, 0.05) is 19.0 Å². The zero-order chi connectivity index (χ0) is 12.5. The van der Waals surface area contributed by atoms with E-state index < -0.39 is 0 Å². The molecule has 0 N–H and O–H groups in total. The van der Waals surface area contributed by atoms with Crippen molar-refractivity contribution in [3.05, 3.63) is 47.7 Å². The highest BCUT2D eigenvalue weighted by atomic mass is 16.5. The molecule has 0 saturated carbocycles. The van der Waals surface area contributed by atoms with Crippen LogP contribution >= 0.6 is 0 Å². The first kappa shape index (κ1) is 13.2. The SMILES string of the molecule is C/C=C(/CC=O)N=C(C)OCc1ccccc1. The second-order valence-corrected chi connectivity index (χ2v) is 3.56. The summed E-state index contributed by atoms with van der Waals surface area (Å²) in [5.74, 6) is 0.573. The minimum absolute atomic E-state index is 0.322. The van der Waals surface area contributed by atoms with E-state index in [-0.39, 0.29) is 0 Å². The summed E-state index contributed by atoms with van der Waals surface area (Å²) < 4.78 is 5.50. The Morgan fingerprint density at radius 1 is 1.35 bits per heavy atom. The fourth-order valence-corrected chi connectivity index (χ4v) is 1.31. The van der Waals surface area contributed by atoms with Crippen LogP contribution in [-0.4, -0.2) is 12.2 Å². The standard InChI is InChI=1S/C14H17NO2/c1-3-14(9-10-16)15-12(2)17-11-13-7-5-4-6-8-13/h3-8,10H,9,11H2,1-2H3/b14-3-,15-12?. The van der Waals surface area contributed by atoms with Crippen LogP contribution < -0.4 is 0 Å². The van der Waals surface area contributed by atoms with E-state index in [1.165, 1.54) is 0 Å². The summed E-state index contributed by atoms with van der Waals surface area (Å²) in [6, 6.07) is 9.89. The number of ether oxygens (including phenoxy) is 1. The van der Waals surface area contributed by atoms with Gasteiger partial charge >= 0.3 is 0 Å². The van der Waals surface area contributed by atoms with E-state index in [4.69, 9.17) is 4.74 Å². The van der Waals surface area contributed by atoms with Gasteiger partial charge < -0.3 is 9.53 Å². The highest BCUT2D eigenvalue weighted by molar-refractivity contribution is 5.75. The van der Waals surface area contributed by atoms with Crippen LogP contribution in [0.15, 0.2) is 47.1 Å². The maximum absolute atomic E-state index is 10.4. The molecule has 0 bridgehead atoms. The summed E-state index contributed by atoms with van der Waals surface area (Å²) in [5, 5.41) is 0. The van der Waals surface area contributed by atoms with Gasteiger partial charge in [-0.1, -0.05) is 36.4 Å². The minimum Gasteiger partial charge on any atom is -0.476 e. The van der Waals surface area contributed by atoms with Crippen molar-refractivity contribution in [2.45, 2.75) is 26.9 Å². The van der Waals surface area contributed by atoms with Crippen LogP contribution in [0, 0.1) is 0 Å². The number of carbonyl (C=O) groups is 1. The first-order chi connectivity index (χ1) is 8.26. The van der Waals surface area contributed by atoms with E-state index in [0.29, 0.717) is 18.9 Å². The van der Waals surface area contributed by atoms with Gasteiger partial charge in [-0.3, -0.25) is 0 Å². The van der Waals surface area contributed by atoms with Gasteiger partial charge in [0.05, 0.1) is 0 Å². The predicted molar refractivity (Wildman–Crippen MR) is 68.8 cm³/mol. The molecule has 0 radical (unpaired) electrons. The third-order valence-electron chi connectivity index (χ3n) is 2.22. The Morgan fingerprint density at radius 2 is 2.06 bits per heavy atom. The van der Waals surface area contributed by atoms with E-state index in [2.05, 4.69) is 4.99 Å². The summed E-state index contributed by atoms with van der Waals surface area (Å²) in [6.07, 6.45) is 2.97. The predicted octanol–water partition coefficient (Wildman–Crippen LogP) is 3.11. The summed E-state index contributed by atoms with van der Waals surface area (Å²) >= 11 is 0. The highest BCUT2D eigenvalue weighted by Gasteiger charge is 1.97. The van der Waals surface area contributed by atoms with Gasteiger partial charge in [0.2, 0.25) is 0 Å². The maximum atomic E-state index is 10.4. The van der Waals surface area contributed by atoms with Crippen molar-refractivity contribution in [1.29, 1.82) is 0 Å². The first-order valence-corrected chi connectivity index (χ1v) is 5.57. The third kappa shape index (κ3) is 5.11. The van der Waals surface area contributed by atoms with Crippen molar-refractivity contribution in [2.24, 2.45) is 4.99 Å². The monoisotopic (exact) mass is 231 g/mol. The second-order valence-electron chi connectivity index (χ2n) is 3.56. The molecule has 0 spiro atoms. The minimum atomic E-state index is 0.322. The lowest BCUT2D eigenvalue weighted by Crippen LogP contribution is -2.01. The largest absolute Gasteiger partial charge is 0.476 e. The van der Waals surface area contributed by atoms with E-state index in [1.807, 2.05) is 43.3 Å². The molecule has 0 aliphatic carbocycles. The number of rotatable bonds is 5. The molecule has 0 unspecified atom stereocenters. The Hall–Kier alpha value is -1.90. The van der Waals surface area contributed by atoms with Crippen molar-refractivity contribution in [2.75, 3.05) is 0 Å². The van der Waals surface area contributed by atoms with Crippen molar-refractivity contribution in [3.63, 3.8) is 0 Å². The molecule has 0 aliphatic heterocycles. The molecule has 0 amide bonds. The molecule has 3 heteroatoms. The average Bonchev–Trinajstić information content (AvgIpc) is 2.37. The lowest BCUT2D eigenvalue weighted by molar-refractivity contribution is -0.107. The van der Waals surface area contributed by atoms with Gasteiger partial charge in [-0.25, -0.2) is 4.99 Å². The maximum Gasteiger partial charge on any atom is 0.185 e. The zero-order valence-electron chi connectivity index (χ0n) is 10.2. The summed E-state index contributed by atoms with van der Waals surface area (Å²) in [4.78, 5) is 14.6. The fourth-order valence-electron chi connectivity index (χ4n) is 1.31. The molecule has 0 fully saturated rings. The summed E-state index contributed by atoms with van der Waals surface area (Å²) in [5.41, 5.74) is 1.82. The molecular weight excluding hydrogens is 214 g/mol. The van der Waals surface area contributed by atoms with E-state index in [9.17, 15) is 4.79 Å². The molecule has 1 aromatic carbocycles. The van der Waals surface area contributed by atoms with Gasteiger partial charge in [0.25, 0.3) is 0 Å². The third-order valence-corrected chi connectivity index (χ3v) is 2.22. The van der Waals surface area contributed by atoms with E-state index >= 15 is 0 Å². The highest BCUT2D eigenvalue weighted by Crippen LogP contribution is 2.05. The number of carbonyl (C=O) groups excluding carboxylic acids is 1. The van der Waals surface area contributed by atoms with Crippen LogP contribution in [-0.2, 0) is 16.1 Å². The molecule has 0 atom stereocenters. The number of benzene rings is 1. The van der Waals surface area contributed by atoms with E-state index in [0.717, 1.165) is 17.5 Å². The molecule has 1 rings (SSSR count). The molecule has 0 aromatic heterocycles. The lowest BCUT2D eigenvalue weighted by atomic mass is 10.2. The van der Waals surface area contributed by atoms with Crippen molar-refractivity contribution in [3.8, 4) is 0 Å². The van der Waals surface area contributed by atoms with Gasteiger partial charge in [0.1, 0.15) is 12.9 Å². The molecule has 0 heterocycles. The van der Waals surface area contributed by atoms with Crippen LogP contribution in [0.1, 0.15) is 25.8 Å². The van der Waals surface area contributed by atoms with Crippen LogP contribution in [0.4, 0.5) is 0 Å². The van der Waals surface area contributed by atoms with Gasteiger partial charge in [-0.05, 0) is 12.5 Å². The molecule has 1 aromatic rings. The summed E-state index contributed by atoms with van der Waals surface area (Å²) in [6.45, 7) is 4.14. The smallest absolute Gasteiger partial charge is 0.185 e. The Labute approximate surface area is 102 Å². The Kier molecular flexibility index (Phi) is 5.72. The average molecular weight is 231 g/mol. The van der Waals surface area contributed by atoms with Gasteiger partial charge in [-0.2, -0.15) is 0 Å². The normalized spacial score (nSPS) is 12.4. The number of aliphatic imine (C=N–C) groups is 1. The first-order valence-electron chi connectivity index (χ1n) is 5.57. The molecule has 90 valence electrons. The van der Waals surface area contributed by atoms with Crippen LogP contribution in [0.5, 0.6) is 0 Å². The number of hydrogen-bond acceptors (Lipinski definition) is 3. The molecule has 0 aliphatic rings. The number of allylic oxidation sites excluding steroid dienone is 2. The van der Waals surface area contributed by atoms with Crippen LogP contribution in [0.25, 0.3) is 0 Å². The van der Waals surface area contributed by atoms with Crippen LogP contribution in [0.3, 0.4) is 0 Å². The lowest BCUT2D eigenvalue weighted by Gasteiger charge is -2.05. The van der Waals surface area contributed by atoms with Crippen molar-refractivity contribution < 1.29 is 9.53 Å². The van der Waals surface area contributed by atoms with Gasteiger partial charge in [0.15, 0.2) is 5.90 Å². The topological polar surface area (TPSA) is 38.7 Å². The number of aldehydes is 1. The fraction of sp³-hybridized carbons (Fsp3) is 0.286. The second kappa shape index (κ2) is 7.39. The zero-order valence-corrected chi connectivity index (χ0v) is 10.2. The molecule has 3 nitrogen and oxygen atoms in total. The Morgan fingerprint density at radius 3 is 2.65 bits per heavy atom. The Balaban J connectivity index is 2.51. The number of nitrogens with zero attached hydrogens (tertiary/aromatic N) is 1. The summed E-state index contributed by atoms with van der Waals surface area (Å²) in [7, 11) is 0. The van der Waals surface area contributed by atoms with Crippen molar-refractivity contribution in [1.82, 2.24) is 0 Å². The quantitative estimate of drug-likeness (QED) is 0.443. The van der Waals surface area contributed by atoms with Crippen LogP contribution in [0.2, 0.25) is 0 Å². The Bertz CT molecular complexity index is 407. The van der Waals surface area contributed by atoms with E-state index in [1.54, 1.807) is 6.92 Å². The van der Waals surface area contributed by atoms with Gasteiger partial charge in [-0.15, -0.1) is 0 Å². The number of hydrogen-bond donors (Lipinski definition) is 0. The molecule has 0 saturated heterocycles. The molecular formula is C14H17NO2.